The largest absolute Gasteiger partial charge is 0.485 e. The predicted octanol–water partition coefficient (Wildman–Crippen LogP) is 1.59. The number of hydrogen-bond acceptors (Lipinski definition) is 7. The summed E-state index contributed by atoms with van der Waals surface area (Å²) < 4.78 is 13.3. The van der Waals surface area contributed by atoms with Crippen molar-refractivity contribution in [2.45, 2.75) is 26.5 Å². The number of rotatable bonds is 8. The second kappa shape index (κ2) is 8.60. The number of benzene rings is 1. The van der Waals surface area contributed by atoms with Crippen molar-refractivity contribution in [3.8, 4) is 5.75 Å². The molecule has 1 N–H and O–H groups in total. The van der Waals surface area contributed by atoms with E-state index in [1.54, 1.807) is 49.5 Å². The van der Waals surface area contributed by atoms with Crippen LogP contribution in [0.2, 0.25) is 0 Å². The van der Waals surface area contributed by atoms with Crippen molar-refractivity contribution in [3.05, 3.63) is 76.4 Å². The molecule has 0 aliphatic heterocycles. The Bertz CT molecular complexity index is 1210. The molecule has 10 heteroatoms. The molecule has 30 heavy (non-hydrogen) atoms. The number of hydrogen-bond donors (Lipinski definition) is 1. The monoisotopic (exact) mass is 408 g/mol. The maximum absolute atomic E-state index is 12.3. The van der Waals surface area contributed by atoms with Crippen molar-refractivity contribution in [2.75, 3.05) is 6.54 Å². The van der Waals surface area contributed by atoms with Gasteiger partial charge in [0.15, 0.2) is 12.3 Å². The summed E-state index contributed by atoms with van der Waals surface area (Å²) in [4.78, 5) is 28.5. The van der Waals surface area contributed by atoms with E-state index in [9.17, 15) is 9.59 Å². The number of carbonyl (C=O) groups is 1. The number of ether oxygens (including phenoxy) is 1. The maximum atomic E-state index is 12.3. The molecule has 0 saturated carbocycles. The van der Waals surface area contributed by atoms with E-state index in [0.717, 1.165) is 0 Å². The molecule has 1 aromatic carbocycles. The highest BCUT2D eigenvalue weighted by molar-refractivity contribution is 5.94. The van der Waals surface area contributed by atoms with Crippen LogP contribution in [0.5, 0.6) is 5.75 Å². The van der Waals surface area contributed by atoms with Crippen molar-refractivity contribution >= 4 is 11.6 Å². The first-order valence-corrected chi connectivity index (χ1v) is 9.44. The van der Waals surface area contributed by atoms with Crippen molar-refractivity contribution < 1.29 is 14.1 Å². The minimum Gasteiger partial charge on any atom is -0.485 e. The van der Waals surface area contributed by atoms with Gasteiger partial charge >= 0.3 is 5.69 Å². The second-order valence-electron chi connectivity index (χ2n) is 6.59. The summed E-state index contributed by atoms with van der Waals surface area (Å²) in [5.74, 6) is 1.34. The second-order valence-corrected chi connectivity index (χ2v) is 6.59. The van der Waals surface area contributed by atoms with Gasteiger partial charge in [0.05, 0.1) is 0 Å². The molecular weight excluding hydrogens is 388 g/mol. The molecule has 0 saturated heterocycles. The summed E-state index contributed by atoms with van der Waals surface area (Å²) in [6.07, 6.45) is 2.26. The number of fused-ring (bicyclic) bond motifs is 1. The third-order valence-electron chi connectivity index (χ3n) is 4.37. The number of amides is 1. The number of aryl methyl sites for hydroxylation is 2. The Morgan fingerprint density at radius 3 is 2.77 bits per heavy atom. The van der Waals surface area contributed by atoms with Crippen molar-refractivity contribution in [1.29, 1.82) is 0 Å². The Morgan fingerprint density at radius 2 is 2.03 bits per heavy atom. The lowest BCUT2D eigenvalue weighted by Crippen LogP contribution is -2.27. The third kappa shape index (κ3) is 4.37. The van der Waals surface area contributed by atoms with E-state index in [1.165, 1.54) is 9.08 Å². The van der Waals surface area contributed by atoms with Crippen LogP contribution in [0.3, 0.4) is 0 Å². The van der Waals surface area contributed by atoms with Crippen molar-refractivity contribution in [3.63, 3.8) is 0 Å². The summed E-state index contributed by atoms with van der Waals surface area (Å²) in [6, 6.07) is 12.2. The molecule has 0 aliphatic carbocycles. The standard InChI is InChI=1S/C20H20N6O4/c1-14-22-17(24-30-14)13-29-16-8-6-15(7-9-16)19(27)21-10-4-12-26-20(28)25-11-3-2-5-18(25)23-26/h2-3,5-9,11H,4,10,12-13H2,1H3,(H,21,27). The average Bonchev–Trinajstić information content (AvgIpc) is 3.33. The smallest absolute Gasteiger partial charge is 0.350 e. The van der Waals surface area contributed by atoms with E-state index in [4.69, 9.17) is 9.26 Å². The SMILES string of the molecule is Cc1nc(COc2ccc(C(=O)NCCCn3nc4ccccn4c3=O)cc2)no1. The molecule has 154 valence electrons. The molecule has 4 rings (SSSR count). The third-order valence-corrected chi connectivity index (χ3v) is 4.37. The first kappa shape index (κ1) is 19.4. The normalized spacial score (nSPS) is 11.0. The zero-order valence-corrected chi connectivity index (χ0v) is 16.3. The molecule has 0 unspecified atom stereocenters. The molecule has 0 atom stereocenters. The molecule has 1 amide bonds. The zero-order chi connectivity index (χ0) is 20.9. The van der Waals surface area contributed by atoms with Crippen LogP contribution in [0.25, 0.3) is 5.65 Å². The van der Waals surface area contributed by atoms with Gasteiger partial charge in [0.2, 0.25) is 11.7 Å². The lowest BCUT2D eigenvalue weighted by molar-refractivity contribution is 0.0952. The lowest BCUT2D eigenvalue weighted by atomic mass is 10.2. The first-order valence-electron chi connectivity index (χ1n) is 9.44. The van der Waals surface area contributed by atoms with Crippen LogP contribution in [0.1, 0.15) is 28.5 Å². The minimum atomic E-state index is -0.197. The van der Waals surface area contributed by atoms with Gasteiger partial charge in [-0.1, -0.05) is 11.2 Å². The van der Waals surface area contributed by atoms with Crippen molar-refractivity contribution in [1.82, 2.24) is 29.6 Å². The highest BCUT2D eigenvalue weighted by atomic mass is 16.5. The highest BCUT2D eigenvalue weighted by Gasteiger charge is 2.08. The van der Waals surface area contributed by atoms with E-state index < -0.39 is 0 Å². The van der Waals surface area contributed by atoms with Gasteiger partial charge in [-0.05, 0) is 42.8 Å². The number of pyridine rings is 1. The number of aromatic nitrogens is 5. The Balaban J connectivity index is 1.24. The molecule has 3 aromatic heterocycles. The number of nitrogens with one attached hydrogen (secondary N) is 1. The summed E-state index contributed by atoms with van der Waals surface area (Å²) in [7, 11) is 0. The molecule has 0 bridgehead atoms. The van der Waals surface area contributed by atoms with Gasteiger partial charge in [0.25, 0.3) is 5.91 Å². The fourth-order valence-corrected chi connectivity index (χ4v) is 2.90. The highest BCUT2D eigenvalue weighted by Crippen LogP contribution is 2.13. The molecule has 0 spiro atoms. The van der Waals surface area contributed by atoms with E-state index in [2.05, 4.69) is 20.6 Å². The summed E-state index contributed by atoms with van der Waals surface area (Å²) in [5.41, 5.74) is 0.925. The summed E-state index contributed by atoms with van der Waals surface area (Å²) >= 11 is 0. The predicted molar refractivity (Wildman–Crippen MR) is 106 cm³/mol. The Morgan fingerprint density at radius 1 is 1.20 bits per heavy atom. The Labute approximate surface area is 171 Å². The van der Waals surface area contributed by atoms with Gasteiger partial charge in [-0.3, -0.25) is 9.20 Å². The van der Waals surface area contributed by atoms with Gasteiger partial charge in [-0.2, -0.15) is 4.98 Å². The van der Waals surface area contributed by atoms with Crippen molar-refractivity contribution in [2.24, 2.45) is 0 Å². The van der Waals surface area contributed by atoms with Crippen LogP contribution >= 0.6 is 0 Å². The molecule has 4 aromatic rings. The van der Waals surface area contributed by atoms with Gasteiger partial charge in [0.1, 0.15) is 5.75 Å². The molecular formula is C20H20N6O4. The average molecular weight is 408 g/mol. The fraction of sp³-hybridized carbons (Fsp3) is 0.250. The molecule has 0 aliphatic rings. The van der Waals surface area contributed by atoms with Gasteiger partial charge < -0.3 is 14.6 Å². The van der Waals surface area contributed by atoms with Crippen LogP contribution in [0.4, 0.5) is 0 Å². The van der Waals surface area contributed by atoms with Crippen LogP contribution in [-0.2, 0) is 13.2 Å². The quantitative estimate of drug-likeness (QED) is 0.440. The van der Waals surface area contributed by atoms with E-state index in [-0.39, 0.29) is 18.2 Å². The van der Waals surface area contributed by atoms with Crippen LogP contribution in [0.15, 0.2) is 58.0 Å². The van der Waals surface area contributed by atoms with Crippen LogP contribution in [0, 0.1) is 6.92 Å². The van der Waals surface area contributed by atoms with E-state index >= 15 is 0 Å². The van der Waals surface area contributed by atoms with Crippen LogP contribution < -0.4 is 15.7 Å². The number of nitrogens with zero attached hydrogens (tertiary/aromatic N) is 5. The summed E-state index contributed by atoms with van der Waals surface area (Å²) in [5, 5.41) is 10.9. The lowest BCUT2D eigenvalue weighted by Gasteiger charge is -2.07. The van der Waals surface area contributed by atoms with E-state index in [1.807, 2.05) is 6.07 Å². The minimum absolute atomic E-state index is 0.186. The maximum Gasteiger partial charge on any atom is 0.350 e. The molecule has 3 heterocycles. The zero-order valence-electron chi connectivity index (χ0n) is 16.3. The molecule has 0 radical (unpaired) electrons. The van der Waals surface area contributed by atoms with Gasteiger partial charge in [0, 0.05) is 31.8 Å². The fourth-order valence-electron chi connectivity index (χ4n) is 2.90. The topological polar surface area (TPSA) is 117 Å². The molecule has 10 nitrogen and oxygen atoms in total. The van der Waals surface area contributed by atoms with Gasteiger partial charge in [-0.15, -0.1) is 5.10 Å². The Kier molecular flexibility index (Phi) is 5.55. The summed E-state index contributed by atoms with van der Waals surface area (Å²) in [6.45, 7) is 2.74. The molecule has 0 fully saturated rings. The van der Waals surface area contributed by atoms with Crippen LogP contribution in [-0.4, -0.2) is 36.8 Å². The first-order chi connectivity index (χ1) is 14.6. The number of carbonyl (C=O) groups excluding carboxylic acids is 1. The van der Waals surface area contributed by atoms with Gasteiger partial charge in [-0.25, -0.2) is 9.48 Å². The Hall–Kier alpha value is -3.95. The van der Waals surface area contributed by atoms with E-state index in [0.29, 0.717) is 48.2 Å².